The first-order chi connectivity index (χ1) is 10.5. The van der Waals surface area contributed by atoms with E-state index >= 15 is 0 Å². The Labute approximate surface area is 132 Å². The molecule has 0 aliphatic rings. The molecule has 0 fully saturated rings. The van der Waals surface area contributed by atoms with E-state index in [-0.39, 0.29) is 11.4 Å². The summed E-state index contributed by atoms with van der Waals surface area (Å²) in [5.74, 6) is 0. The predicted molar refractivity (Wildman–Crippen MR) is 87.2 cm³/mol. The third kappa shape index (κ3) is 4.94. The van der Waals surface area contributed by atoms with Crippen LogP contribution in [0.5, 0.6) is 0 Å². The van der Waals surface area contributed by atoms with Crippen molar-refractivity contribution in [3.05, 3.63) is 65.2 Å². The molecule has 118 valence electrons. The van der Waals surface area contributed by atoms with Gasteiger partial charge < -0.3 is 4.74 Å². The van der Waals surface area contributed by atoms with Gasteiger partial charge in [0.05, 0.1) is 18.1 Å². The van der Waals surface area contributed by atoms with Crippen molar-refractivity contribution in [3.8, 4) is 0 Å². The summed E-state index contributed by atoms with van der Waals surface area (Å²) in [5.41, 5.74) is 3.31. The monoisotopic (exact) mass is 319 g/mol. The van der Waals surface area contributed by atoms with E-state index in [0.29, 0.717) is 13.2 Å². The SMILES string of the molecule is Cc1ccc(COCCNS(=O)(=O)c2ccc(C)cc2)cc1. The average molecular weight is 319 g/mol. The summed E-state index contributed by atoms with van der Waals surface area (Å²) in [6.07, 6.45) is 0. The largest absolute Gasteiger partial charge is 0.375 e. The fourth-order valence-electron chi connectivity index (χ4n) is 1.92. The molecule has 22 heavy (non-hydrogen) atoms. The Hall–Kier alpha value is -1.69. The molecule has 0 amide bonds. The van der Waals surface area contributed by atoms with Crippen molar-refractivity contribution in [2.75, 3.05) is 13.2 Å². The molecule has 0 aliphatic heterocycles. The van der Waals surface area contributed by atoms with Gasteiger partial charge in [-0.1, -0.05) is 47.5 Å². The van der Waals surface area contributed by atoms with Gasteiger partial charge in [-0.15, -0.1) is 0 Å². The minimum absolute atomic E-state index is 0.252. The van der Waals surface area contributed by atoms with Crippen LogP contribution in [0.2, 0.25) is 0 Å². The number of hydrogen-bond acceptors (Lipinski definition) is 3. The van der Waals surface area contributed by atoms with Gasteiger partial charge in [-0.05, 0) is 31.5 Å². The fraction of sp³-hybridized carbons (Fsp3) is 0.294. The number of aryl methyl sites for hydroxylation is 2. The molecule has 0 aromatic heterocycles. The van der Waals surface area contributed by atoms with Gasteiger partial charge in [0.2, 0.25) is 10.0 Å². The van der Waals surface area contributed by atoms with Gasteiger partial charge in [-0.2, -0.15) is 0 Å². The molecule has 2 aromatic rings. The van der Waals surface area contributed by atoms with Crippen molar-refractivity contribution in [1.82, 2.24) is 4.72 Å². The Morgan fingerprint density at radius 3 is 2.05 bits per heavy atom. The van der Waals surface area contributed by atoms with Crippen LogP contribution in [0.15, 0.2) is 53.4 Å². The van der Waals surface area contributed by atoms with E-state index in [1.54, 1.807) is 24.3 Å². The highest BCUT2D eigenvalue weighted by molar-refractivity contribution is 7.89. The highest BCUT2D eigenvalue weighted by Crippen LogP contribution is 2.09. The molecule has 1 N–H and O–H groups in total. The normalized spacial score (nSPS) is 11.5. The number of hydrogen-bond donors (Lipinski definition) is 1. The fourth-order valence-corrected chi connectivity index (χ4v) is 2.94. The average Bonchev–Trinajstić information content (AvgIpc) is 2.49. The molecule has 0 aliphatic carbocycles. The summed E-state index contributed by atoms with van der Waals surface area (Å²) in [5, 5.41) is 0. The van der Waals surface area contributed by atoms with Crippen molar-refractivity contribution in [3.63, 3.8) is 0 Å². The first kappa shape index (κ1) is 16.7. The van der Waals surface area contributed by atoms with E-state index in [1.807, 2.05) is 38.1 Å². The van der Waals surface area contributed by atoms with Crippen LogP contribution in [0.3, 0.4) is 0 Å². The lowest BCUT2D eigenvalue weighted by Gasteiger charge is -2.08. The van der Waals surface area contributed by atoms with Gasteiger partial charge in [-0.25, -0.2) is 13.1 Å². The second-order valence-corrected chi connectivity index (χ2v) is 7.02. The number of sulfonamides is 1. The Balaban J connectivity index is 1.76. The molecule has 0 saturated heterocycles. The van der Waals surface area contributed by atoms with E-state index < -0.39 is 10.0 Å². The van der Waals surface area contributed by atoms with Gasteiger partial charge >= 0.3 is 0 Å². The smallest absolute Gasteiger partial charge is 0.240 e. The van der Waals surface area contributed by atoms with Gasteiger partial charge in [0, 0.05) is 6.54 Å². The Kier molecular flexibility index (Phi) is 5.71. The highest BCUT2D eigenvalue weighted by atomic mass is 32.2. The second kappa shape index (κ2) is 7.54. The standard InChI is InChI=1S/C17H21NO3S/c1-14-3-7-16(8-4-14)13-21-12-11-18-22(19,20)17-9-5-15(2)6-10-17/h3-10,18H,11-13H2,1-2H3. The van der Waals surface area contributed by atoms with E-state index in [1.165, 1.54) is 5.56 Å². The minimum Gasteiger partial charge on any atom is -0.375 e. The molecule has 0 radical (unpaired) electrons. The van der Waals surface area contributed by atoms with E-state index in [4.69, 9.17) is 4.74 Å². The lowest BCUT2D eigenvalue weighted by atomic mass is 10.2. The van der Waals surface area contributed by atoms with Crippen molar-refractivity contribution in [2.24, 2.45) is 0 Å². The molecule has 4 nitrogen and oxygen atoms in total. The van der Waals surface area contributed by atoms with Crippen molar-refractivity contribution in [1.29, 1.82) is 0 Å². The van der Waals surface area contributed by atoms with E-state index in [9.17, 15) is 8.42 Å². The maximum absolute atomic E-state index is 12.0. The Morgan fingerprint density at radius 1 is 0.909 bits per heavy atom. The zero-order valence-electron chi connectivity index (χ0n) is 12.9. The molecule has 2 aromatic carbocycles. The molecule has 0 unspecified atom stereocenters. The maximum atomic E-state index is 12.0. The molecule has 5 heteroatoms. The van der Waals surface area contributed by atoms with Crippen LogP contribution >= 0.6 is 0 Å². The summed E-state index contributed by atoms with van der Waals surface area (Å²) >= 11 is 0. The zero-order valence-corrected chi connectivity index (χ0v) is 13.7. The molecule has 2 rings (SSSR count). The van der Waals surface area contributed by atoms with E-state index in [0.717, 1.165) is 11.1 Å². The van der Waals surface area contributed by atoms with Crippen molar-refractivity contribution >= 4 is 10.0 Å². The maximum Gasteiger partial charge on any atom is 0.240 e. The summed E-state index contributed by atoms with van der Waals surface area (Å²) in [6, 6.07) is 14.8. The first-order valence-corrected chi connectivity index (χ1v) is 8.65. The molecular formula is C17H21NO3S. The molecule has 0 atom stereocenters. The third-order valence-electron chi connectivity index (χ3n) is 3.26. The van der Waals surface area contributed by atoms with E-state index in [2.05, 4.69) is 4.72 Å². The summed E-state index contributed by atoms with van der Waals surface area (Å²) in [4.78, 5) is 0.275. The Morgan fingerprint density at radius 2 is 1.45 bits per heavy atom. The van der Waals surface area contributed by atoms with Crippen LogP contribution in [-0.2, 0) is 21.4 Å². The first-order valence-electron chi connectivity index (χ1n) is 7.17. The van der Waals surface area contributed by atoms with Crippen LogP contribution in [0.25, 0.3) is 0 Å². The van der Waals surface area contributed by atoms with Gasteiger partial charge in [0.25, 0.3) is 0 Å². The van der Waals surface area contributed by atoms with Gasteiger partial charge in [0.15, 0.2) is 0 Å². The molecular weight excluding hydrogens is 298 g/mol. The van der Waals surface area contributed by atoms with Gasteiger partial charge in [0.1, 0.15) is 0 Å². The molecule has 0 spiro atoms. The minimum atomic E-state index is -3.46. The summed E-state index contributed by atoms with van der Waals surface area (Å²) < 4.78 is 32.1. The summed E-state index contributed by atoms with van der Waals surface area (Å²) in [7, 11) is -3.46. The third-order valence-corrected chi connectivity index (χ3v) is 4.74. The quantitative estimate of drug-likeness (QED) is 0.798. The van der Waals surface area contributed by atoms with Crippen molar-refractivity contribution in [2.45, 2.75) is 25.3 Å². The molecule has 0 heterocycles. The Bertz CT molecular complexity index is 692. The van der Waals surface area contributed by atoms with Crippen LogP contribution < -0.4 is 4.72 Å². The molecule has 0 saturated carbocycles. The number of ether oxygens (including phenoxy) is 1. The van der Waals surface area contributed by atoms with Crippen molar-refractivity contribution < 1.29 is 13.2 Å². The van der Waals surface area contributed by atoms with Crippen LogP contribution in [0, 0.1) is 13.8 Å². The second-order valence-electron chi connectivity index (χ2n) is 5.25. The number of benzene rings is 2. The molecule has 0 bridgehead atoms. The zero-order chi connectivity index (χ0) is 16.0. The highest BCUT2D eigenvalue weighted by Gasteiger charge is 2.12. The predicted octanol–water partition coefficient (Wildman–Crippen LogP) is 2.80. The van der Waals surface area contributed by atoms with Crippen LogP contribution in [0.4, 0.5) is 0 Å². The summed E-state index contributed by atoms with van der Waals surface area (Å²) in [6.45, 7) is 5.01. The topological polar surface area (TPSA) is 55.4 Å². The van der Waals surface area contributed by atoms with Gasteiger partial charge in [-0.3, -0.25) is 0 Å². The number of rotatable bonds is 7. The lowest BCUT2D eigenvalue weighted by molar-refractivity contribution is 0.126. The van der Waals surface area contributed by atoms with Crippen LogP contribution in [0.1, 0.15) is 16.7 Å². The number of nitrogens with one attached hydrogen (secondary N) is 1. The van der Waals surface area contributed by atoms with Crippen LogP contribution in [-0.4, -0.2) is 21.6 Å². The lowest BCUT2D eigenvalue weighted by Crippen LogP contribution is -2.27.